The van der Waals surface area contributed by atoms with Gasteiger partial charge in [-0.15, -0.1) is 11.8 Å². The largest absolute Gasteiger partial charge is 1.00 e. The predicted molar refractivity (Wildman–Crippen MR) is 66.1 cm³/mol. The van der Waals surface area contributed by atoms with Crippen molar-refractivity contribution in [3.8, 4) is 0 Å². The number of ether oxygens (including phenoxy) is 1. The summed E-state index contributed by atoms with van der Waals surface area (Å²) >= 11 is 1.91. The fraction of sp³-hybridized carbons (Fsp3) is 0.917. The molecule has 3 atom stereocenters. The first-order valence-electron chi connectivity index (χ1n) is 6.07. The number of rotatable bonds is 3. The highest BCUT2D eigenvalue weighted by Gasteiger charge is 2.52. The number of likely N-dealkylation sites (tertiary alicyclic amines) is 1. The molecule has 1 aliphatic heterocycles. The number of hydrogen-bond acceptors (Lipinski definition) is 3. The fourth-order valence-electron chi connectivity index (χ4n) is 3.19. The van der Waals surface area contributed by atoms with E-state index in [1.807, 2.05) is 11.8 Å². The molecule has 100 valence electrons. The first kappa shape index (κ1) is 15.6. The van der Waals surface area contributed by atoms with Crippen LogP contribution in [0.1, 0.15) is 25.7 Å². The van der Waals surface area contributed by atoms with Crippen molar-refractivity contribution in [2.45, 2.75) is 37.1 Å². The second-order valence-corrected chi connectivity index (χ2v) is 6.28. The van der Waals surface area contributed by atoms with Crippen LogP contribution in [-0.4, -0.2) is 48.8 Å². The molecule has 0 aromatic carbocycles. The van der Waals surface area contributed by atoms with E-state index in [1.165, 1.54) is 26.4 Å². The Bertz CT molecular complexity index is 286. The molecular formula is C12H22INO2S. The average molecular weight is 371 g/mol. The minimum atomic E-state index is -0.0137. The Morgan fingerprint density at radius 2 is 2.06 bits per heavy atom. The molecule has 2 fully saturated rings. The maximum Gasteiger partial charge on any atom is 0.314 e. The highest BCUT2D eigenvalue weighted by Crippen LogP contribution is 2.43. The zero-order valence-corrected chi connectivity index (χ0v) is 13.8. The number of hydrogen-bond donors (Lipinski definition) is 0. The van der Waals surface area contributed by atoms with Gasteiger partial charge in [0.1, 0.15) is 11.3 Å². The second-order valence-electron chi connectivity index (χ2n) is 5.26. The van der Waals surface area contributed by atoms with Gasteiger partial charge in [0.25, 0.3) is 0 Å². The van der Waals surface area contributed by atoms with Crippen molar-refractivity contribution < 1.29 is 38.0 Å². The summed E-state index contributed by atoms with van der Waals surface area (Å²) in [7, 11) is 3.83. The van der Waals surface area contributed by atoms with Gasteiger partial charge in [-0.05, 0) is 25.5 Å². The molecule has 17 heavy (non-hydrogen) atoms. The highest BCUT2D eigenvalue weighted by atomic mass is 127. The van der Waals surface area contributed by atoms with Crippen molar-refractivity contribution in [1.29, 1.82) is 0 Å². The highest BCUT2D eigenvalue weighted by molar-refractivity contribution is 7.99. The standard InChI is InChI=1S/C12H22NO2S.HI/c1-13(10-5-4-6-10)8-9(12(14)15-2)7-11(13)16-3;/h9-11H,4-8H2,1-3H3;1H/q+1;/p-1. The van der Waals surface area contributed by atoms with Crippen molar-refractivity contribution >= 4 is 17.7 Å². The van der Waals surface area contributed by atoms with E-state index in [0.717, 1.165) is 23.5 Å². The van der Waals surface area contributed by atoms with E-state index >= 15 is 0 Å². The Morgan fingerprint density at radius 1 is 1.41 bits per heavy atom. The Balaban J connectivity index is 0.00000144. The third-order valence-corrected chi connectivity index (χ3v) is 5.69. The average Bonchev–Trinajstić information content (AvgIpc) is 2.52. The van der Waals surface area contributed by atoms with Gasteiger partial charge in [0.2, 0.25) is 0 Å². The van der Waals surface area contributed by atoms with Crippen molar-refractivity contribution in [3.63, 3.8) is 0 Å². The second kappa shape index (κ2) is 6.10. The minimum Gasteiger partial charge on any atom is -1.00 e. The van der Waals surface area contributed by atoms with E-state index in [4.69, 9.17) is 4.74 Å². The molecule has 0 amide bonds. The fourth-order valence-corrected chi connectivity index (χ4v) is 4.35. The number of halogens is 1. The molecule has 1 aliphatic carbocycles. The summed E-state index contributed by atoms with van der Waals surface area (Å²) in [5.41, 5.74) is 0. The zero-order chi connectivity index (χ0) is 11.8. The third-order valence-electron chi connectivity index (χ3n) is 4.47. The van der Waals surface area contributed by atoms with Gasteiger partial charge >= 0.3 is 5.97 Å². The van der Waals surface area contributed by atoms with Crippen LogP contribution >= 0.6 is 11.8 Å². The van der Waals surface area contributed by atoms with Gasteiger partial charge in [-0.3, -0.25) is 4.79 Å². The summed E-state index contributed by atoms with van der Waals surface area (Å²) in [5, 5.41) is 0.578. The number of methoxy groups -OCH3 is 1. The third kappa shape index (κ3) is 2.76. The van der Waals surface area contributed by atoms with Crippen LogP contribution in [0.4, 0.5) is 0 Å². The van der Waals surface area contributed by atoms with Crippen molar-refractivity contribution in [1.82, 2.24) is 0 Å². The van der Waals surface area contributed by atoms with Gasteiger partial charge in [-0.2, -0.15) is 0 Å². The molecule has 2 aliphatic rings. The van der Waals surface area contributed by atoms with E-state index in [1.54, 1.807) is 0 Å². The van der Waals surface area contributed by atoms with Crippen LogP contribution in [0.25, 0.3) is 0 Å². The number of thioether (sulfide) groups is 1. The molecule has 3 unspecified atom stereocenters. The van der Waals surface area contributed by atoms with Crippen molar-refractivity contribution in [2.75, 3.05) is 27.0 Å². The van der Waals surface area contributed by atoms with Crippen LogP contribution in [0.3, 0.4) is 0 Å². The number of nitrogens with zero attached hydrogens (tertiary/aromatic N) is 1. The van der Waals surface area contributed by atoms with Crippen LogP contribution in [0.5, 0.6) is 0 Å². The number of carbonyl (C=O) groups excluding carboxylic acids is 1. The van der Waals surface area contributed by atoms with Crippen molar-refractivity contribution in [3.05, 3.63) is 0 Å². The summed E-state index contributed by atoms with van der Waals surface area (Å²) in [5.74, 6) is 0.105. The molecule has 0 radical (unpaired) electrons. The molecule has 0 aromatic heterocycles. The first-order valence-corrected chi connectivity index (χ1v) is 7.36. The molecule has 1 saturated heterocycles. The normalized spacial score (nSPS) is 37.1. The van der Waals surface area contributed by atoms with Crippen LogP contribution in [-0.2, 0) is 9.53 Å². The van der Waals surface area contributed by atoms with E-state index < -0.39 is 0 Å². The zero-order valence-electron chi connectivity index (χ0n) is 10.8. The SMILES string of the molecule is COC(=O)C1CC(SC)[N+](C)(C2CCC2)C1.[I-]. The van der Waals surface area contributed by atoms with Gasteiger partial charge < -0.3 is 33.2 Å². The van der Waals surface area contributed by atoms with Gasteiger partial charge in [0.05, 0.1) is 26.7 Å². The summed E-state index contributed by atoms with van der Waals surface area (Å²) in [4.78, 5) is 11.7. The maximum atomic E-state index is 11.7. The Labute approximate surface area is 125 Å². The summed E-state index contributed by atoms with van der Waals surface area (Å²) < 4.78 is 5.98. The monoisotopic (exact) mass is 371 g/mol. The van der Waals surface area contributed by atoms with E-state index in [9.17, 15) is 4.79 Å². The summed E-state index contributed by atoms with van der Waals surface area (Å²) in [6.07, 6.45) is 7.19. The summed E-state index contributed by atoms with van der Waals surface area (Å²) in [6.45, 7) is 0.975. The lowest BCUT2D eigenvalue weighted by atomic mass is 9.90. The first-order chi connectivity index (χ1) is 7.61. The van der Waals surface area contributed by atoms with E-state index in [0.29, 0.717) is 5.37 Å². The molecule has 0 N–H and O–H groups in total. The van der Waals surface area contributed by atoms with Crippen LogP contribution in [0, 0.1) is 5.92 Å². The molecule has 3 nitrogen and oxygen atoms in total. The van der Waals surface area contributed by atoms with Gasteiger partial charge in [0.15, 0.2) is 0 Å². The lowest BCUT2D eigenvalue weighted by Crippen LogP contribution is -3.00. The number of carbonyl (C=O) groups is 1. The van der Waals surface area contributed by atoms with Gasteiger partial charge in [0, 0.05) is 6.42 Å². The minimum absolute atomic E-state index is 0. The Hall–Kier alpha value is 0.510. The topological polar surface area (TPSA) is 26.3 Å². The lowest BCUT2D eigenvalue weighted by molar-refractivity contribution is -0.937. The Morgan fingerprint density at radius 3 is 2.47 bits per heavy atom. The molecule has 0 bridgehead atoms. The lowest BCUT2D eigenvalue weighted by Gasteiger charge is -2.46. The number of esters is 1. The van der Waals surface area contributed by atoms with Crippen LogP contribution < -0.4 is 24.0 Å². The molecule has 1 saturated carbocycles. The maximum absolute atomic E-state index is 11.7. The molecule has 0 spiro atoms. The molecule has 1 heterocycles. The van der Waals surface area contributed by atoms with Crippen molar-refractivity contribution in [2.24, 2.45) is 5.92 Å². The van der Waals surface area contributed by atoms with Crippen LogP contribution in [0.2, 0.25) is 0 Å². The van der Waals surface area contributed by atoms with E-state index in [-0.39, 0.29) is 35.9 Å². The number of quaternary nitrogens is 1. The predicted octanol–water partition coefficient (Wildman–Crippen LogP) is -1.13. The van der Waals surface area contributed by atoms with Crippen LogP contribution in [0.15, 0.2) is 0 Å². The Kier molecular flexibility index (Phi) is 5.59. The quantitative estimate of drug-likeness (QED) is 0.357. The molecule has 5 heteroatoms. The van der Waals surface area contributed by atoms with Gasteiger partial charge in [-0.25, -0.2) is 0 Å². The molecule has 0 aromatic rings. The van der Waals surface area contributed by atoms with E-state index in [2.05, 4.69) is 13.3 Å². The smallest absolute Gasteiger partial charge is 0.314 e. The molecule has 2 rings (SSSR count). The summed E-state index contributed by atoms with van der Waals surface area (Å²) in [6, 6.07) is 0.784. The molecular weight excluding hydrogens is 349 g/mol. The van der Waals surface area contributed by atoms with Gasteiger partial charge in [-0.1, -0.05) is 0 Å².